The molecule has 0 saturated heterocycles. The number of aliphatic carboxylic acids is 1. The number of aromatic nitrogens is 2. The van der Waals surface area contributed by atoms with Crippen LogP contribution in [0.5, 0.6) is 0 Å². The van der Waals surface area contributed by atoms with Gasteiger partial charge in [-0.2, -0.15) is 0 Å². The highest BCUT2D eigenvalue weighted by atomic mass is 16.4. The molecule has 0 saturated carbocycles. The Bertz CT molecular complexity index is 310. The van der Waals surface area contributed by atoms with Gasteiger partial charge in [0.05, 0.1) is 0 Å². The van der Waals surface area contributed by atoms with E-state index in [4.69, 9.17) is 16.6 Å². The average molecular weight is 198 g/mol. The van der Waals surface area contributed by atoms with E-state index in [1.165, 1.54) is 0 Å². The molecule has 1 rings (SSSR count). The molecule has 1 aromatic rings. The van der Waals surface area contributed by atoms with Crippen molar-refractivity contribution in [2.24, 2.45) is 5.73 Å². The van der Waals surface area contributed by atoms with E-state index in [1.807, 2.05) is 0 Å². The molecule has 0 aliphatic rings. The third-order valence-corrected chi connectivity index (χ3v) is 1.98. The lowest BCUT2D eigenvalue weighted by Crippen LogP contribution is -2.30. The monoisotopic (exact) mass is 198 g/mol. The Kier molecular flexibility index (Phi) is 3.47. The number of rotatable bonds is 5. The summed E-state index contributed by atoms with van der Waals surface area (Å²) in [5, 5.41) is 8.52. The Balaban J connectivity index is 2.29. The van der Waals surface area contributed by atoms with Gasteiger partial charge in [0.15, 0.2) is 5.95 Å². The summed E-state index contributed by atoms with van der Waals surface area (Å²) >= 11 is 0. The highest BCUT2D eigenvalue weighted by Crippen LogP contribution is 2.03. The minimum atomic E-state index is -0.969. The molecule has 0 radical (unpaired) electrons. The van der Waals surface area contributed by atoms with Gasteiger partial charge in [-0.05, 0) is 12.8 Å². The number of carboxylic acid groups (broad SMARTS) is 1. The van der Waals surface area contributed by atoms with Gasteiger partial charge in [0.2, 0.25) is 0 Å². The van der Waals surface area contributed by atoms with Gasteiger partial charge < -0.3 is 21.1 Å². The maximum atomic E-state index is 10.4. The Labute approximate surface area is 81.5 Å². The first-order chi connectivity index (χ1) is 6.61. The molecule has 0 fully saturated rings. The standard InChI is InChI=1S/C8H14N4O2/c9-6(7(13)14)2-1-4-12-5-3-11-8(12)10/h3,5-6H,1-2,4,9H2,(H2,10,11)(H,13,14). The number of nitrogen functional groups attached to an aromatic ring is 1. The van der Waals surface area contributed by atoms with E-state index in [0.29, 0.717) is 25.3 Å². The molecular formula is C8H14N4O2. The topological polar surface area (TPSA) is 107 Å². The van der Waals surface area contributed by atoms with Crippen molar-refractivity contribution in [1.29, 1.82) is 0 Å². The van der Waals surface area contributed by atoms with E-state index >= 15 is 0 Å². The highest BCUT2D eigenvalue weighted by molar-refractivity contribution is 5.72. The van der Waals surface area contributed by atoms with Crippen molar-refractivity contribution in [3.63, 3.8) is 0 Å². The van der Waals surface area contributed by atoms with Crippen LogP contribution >= 0.6 is 0 Å². The average Bonchev–Trinajstić information content (AvgIpc) is 2.51. The van der Waals surface area contributed by atoms with Crippen molar-refractivity contribution in [1.82, 2.24) is 9.55 Å². The summed E-state index contributed by atoms with van der Waals surface area (Å²) in [6.07, 6.45) is 4.47. The summed E-state index contributed by atoms with van der Waals surface area (Å²) < 4.78 is 1.76. The molecule has 1 atom stereocenters. The van der Waals surface area contributed by atoms with E-state index < -0.39 is 12.0 Å². The Hall–Kier alpha value is -1.56. The fourth-order valence-corrected chi connectivity index (χ4v) is 1.13. The van der Waals surface area contributed by atoms with Crippen molar-refractivity contribution >= 4 is 11.9 Å². The van der Waals surface area contributed by atoms with Crippen LogP contribution in [0, 0.1) is 0 Å². The predicted octanol–water partition coefficient (Wildman–Crippen LogP) is -0.343. The highest BCUT2D eigenvalue weighted by Gasteiger charge is 2.10. The zero-order chi connectivity index (χ0) is 10.6. The fraction of sp³-hybridized carbons (Fsp3) is 0.500. The number of hydrogen-bond donors (Lipinski definition) is 3. The molecule has 1 heterocycles. The fourth-order valence-electron chi connectivity index (χ4n) is 1.13. The van der Waals surface area contributed by atoms with Gasteiger partial charge in [-0.15, -0.1) is 0 Å². The Morgan fingerprint density at radius 1 is 1.71 bits per heavy atom. The normalized spacial score (nSPS) is 12.6. The SMILES string of the molecule is Nc1nccn1CCCC(N)C(=O)O. The number of nitrogens with two attached hydrogens (primary N) is 2. The van der Waals surface area contributed by atoms with Crippen LogP contribution < -0.4 is 11.5 Å². The molecule has 6 heteroatoms. The summed E-state index contributed by atoms with van der Waals surface area (Å²) in [6.45, 7) is 0.646. The summed E-state index contributed by atoms with van der Waals surface area (Å²) in [4.78, 5) is 14.2. The molecule has 0 aliphatic carbocycles. The van der Waals surface area contributed by atoms with Gasteiger partial charge in [0.1, 0.15) is 6.04 Å². The van der Waals surface area contributed by atoms with Crippen LogP contribution in [0.25, 0.3) is 0 Å². The van der Waals surface area contributed by atoms with E-state index in [1.54, 1.807) is 17.0 Å². The van der Waals surface area contributed by atoms with Crippen LogP contribution in [0.2, 0.25) is 0 Å². The number of carbonyl (C=O) groups is 1. The molecule has 14 heavy (non-hydrogen) atoms. The molecule has 5 N–H and O–H groups in total. The van der Waals surface area contributed by atoms with E-state index in [2.05, 4.69) is 4.98 Å². The van der Waals surface area contributed by atoms with Gasteiger partial charge in [-0.3, -0.25) is 4.79 Å². The second-order valence-corrected chi connectivity index (χ2v) is 3.07. The maximum absolute atomic E-state index is 10.4. The van der Waals surface area contributed by atoms with Crippen LogP contribution in [0.1, 0.15) is 12.8 Å². The maximum Gasteiger partial charge on any atom is 0.320 e. The number of hydrogen-bond acceptors (Lipinski definition) is 4. The Morgan fingerprint density at radius 3 is 2.93 bits per heavy atom. The van der Waals surface area contributed by atoms with Crippen molar-refractivity contribution in [2.45, 2.75) is 25.4 Å². The first-order valence-electron chi connectivity index (χ1n) is 4.36. The molecular weight excluding hydrogens is 184 g/mol. The minimum absolute atomic E-state index is 0.437. The van der Waals surface area contributed by atoms with E-state index in [9.17, 15) is 4.79 Å². The number of anilines is 1. The molecule has 0 aromatic carbocycles. The number of nitrogens with zero attached hydrogens (tertiary/aromatic N) is 2. The number of carboxylic acids is 1. The van der Waals surface area contributed by atoms with Crippen molar-refractivity contribution < 1.29 is 9.90 Å². The molecule has 1 aromatic heterocycles. The second kappa shape index (κ2) is 4.61. The summed E-state index contributed by atoms with van der Waals surface area (Å²) in [6, 6.07) is -0.792. The smallest absolute Gasteiger partial charge is 0.320 e. The van der Waals surface area contributed by atoms with Gasteiger partial charge in [-0.25, -0.2) is 4.98 Å². The van der Waals surface area contributed by atoms with Crippen molar-refractivity contribution in [3.05, 3.63) is 12.4 Å². The van der Waals surface area contributed by atoms with E-state index in [-0.39, 0.29) is 0 Å². The lowest BCUT2D eigenvalue weighted by Gasteiger charge is -2.07. The molecule has 6 nitrogen and oxygen atoms in total. The quantitative estimate of drug-likeness (QED) is 0.599. The number of aryl methyl sites for hydroxylation is 1. The van der Waals surface area contributed by atoms with Gasteiger partial charge in [-0.1, -0.05) is 0 Å². The van der Waals surface area contributed by atoms with Crippen molar-refractivity contribution in [2.75, 3.05) is 5.73 Å². The lowest BCUT2D eigenvalue weighted by molar-refractivity contribution is -0.138. The number of imidazole rings is 1. The van der Waals surface area contributed by atoms with Crippen LogP contribution in [0.15, 0.2) is 12.4 Å². The van der Waals surface area contributed by atoms with Crippen molar-refractivity contribution in [3.8, 4) is 0 Å². The third kappa shape index (κ3) is 2.74. The van der Waals surface area contributed by atoms with Crippen LogP contribution in [0.4, 0.5) is 5.95 Å². The van der Waals surface area contributed by atoms with Gasteiger partial charge in [0, 0.05) is 18.9 Å². The molecule has 0 spiro atoms. The zero-order valence-corrected chi connectivity index (χ0v) is 7.76. The zero-order valence-electron chi connectivity index (χ0n) is 7.76. The predicted molar refractivity (Wildman–Crippen MR) is 51.5 cm³/mol. The molecule has 0 amide bonds. The summed E-state index contributed by atoms with van der Waals surface area (Å²) in [7, 11) is 0. The summed E-state index contributed by atoms with van der Waals surface area (Å²) in [5.74, 6) is -0.530. The van der Waals surface area contributed by atoms with Crippen LogP contribution in [-0.2, 0) is 11.3 Å². The third-order valence-electron chi connectivity index (χ3n) is 1.98. The van der Waals surface area contributed by atoms with E-state index in [0.717, 1.165) is 0 Å². The minimum Gasteiger partial charge on any atom is -0.480 e. The molecule has 0 aliphatic heterocycles. The molecule has 78 valence electrons. The second-order valence-electron chi connectivity index (χ2n) is 3.07. The van der Waals surface area contributed by atoms with Crippen LogP contribution in [0.3, 0.4) is 0 Å². The van der Waals surface area contributed by atoms with Gasteiger partial charge in [0.25, 0.3) is 0 Å². The molecule has 1 unspecified atom stereocenters. The Morgan fingerprint density at radius 2 is 2.43 bits per heavy atom. The largest absolute Gasteiger partial charge is 0.480 e. The summed E-state index contributed by atoms with van der Waals surface area (Å²) in [5.41, 5.74) is 10.9. The van der Waals surface area contributed by atoms with Gasteiger partial charge >= 0.3 is 5.97 Å². The van der Waals surface area contributed by atoms with Crippen LogP contribution in [-0.4, -0.2) is 26.7 Å². The molecule has 0 bridgehead atoms. The first-order valence-corrected chi connectivity index (χ1v) is 4.36. The first kappa shape index (κ1) is 10.5. The lowest BCUT2D eigenvalue weighted by atomic mass is 10.2.